The van der Waals surface area contributed by atoms with Crippen LogP contribution < -0.4 is 14.9 Å². The predicted octanol–water partition coefficient (Wildman–Crippen LogP) is 4.56. The zero-order valence-electron chi connectivity index (χ0n) is 19.7. The molecule has 7 nitrogen and oxygen atoms in total. The molecule has 0 aliphatic carbocycles. The van der Waals surface area contributed by atoms with Crippen molar-refractivity contribution in [2.75, 3.05) is 34.0 Å². The van der Waals surface area contributed by atoms with Gasteiger partial charge in [0.25, 0.3) is 5.91 Å². The number of hydrogen-bond donors (Lipinski definition) is 0. The molecule has 0 fully saturated rings. The highest BCUT2D eigenvalue weighted by atomic mass is 19.1. The Morgan fingerprint density at radius 2 is 1.85 bits per heavy atom. The predicted molar refractivity (Wildman–Crippen MR) is 125 cm³/mol. The number of rotatable bonds is 9. The van der Waals surface area contributed by atoms with Crippen LogP contribution in [0.4, 0.5) is 4.39 Å². The van der Waals surface area contributed by atoms with Crippen LogP contribution >= 0.6 is 0 Å². The number of methoxy groups -OCH3 is 2. The molecule has 1 aromatic heterocycles. The summed E-state index contributed by atoms with van der Waals surface area (Å²) in [6.07, 6.45) is 0.894. The van der Waals surface area contributed by atoms with Gasteiger partial charge in [-0.05, 0) is 48.2 Å². The van der Waals surface area contributed by atoms with Crippen LogP contribution in [0.25, 0.3) is 11.0 Å². The monoisotopic (exact) mass is 469 g/mol. The molecule has 8 heteroatoms. The van der Waals surface area contributed by atoms with E-state index in [9.17, 15) is 14.0 Å². The fourth-order valence-corrected chi connectivity index (χ4v) is 4.14. The number of carbonyl (C=O) groups excluding carboxylic acids is 1. The molecule has 2 heterocycles. The number of benzene rings is 2. The van der Waals surface area contributed by atoms with Gasteiger partial charge >= 0.3 is 0 Å². The molecule has 1 amide bonds. The van der Waals surface area contributed by atoms with Crippen LogP contribution in [-0.2, 0) is 4.74 Å². The summed E-state index contributed by atoms with van der Waals surface area (Å²) in [6.45, 7) is 5.29. The maximum absolute atomic E-state index is 13.9. The van der Waals surface area contributed by atoms with Gasteiger partial charge in [-0.2, -0.15) is 0 Å². The normalized spacial score (nSPS) is 15.3. The van der Waals surface area contributed by atoms with E-state index < -0.39 is 23.2 Å². The largest absolute Gasteiger partial charge is 0.493 e. The summed E-state index contributed by atoms with van der Waals surface area (Å²) in [5.41, 5.74) is 0.552. The second-order valence-corrected chi connectivity index (χ2v) is 8.65. The summed E-state index contributed by atoms with van der Waals surface area (Å²) in [4.78, 5) is 28.3. The van der Waals surface area contributed by atoms with E-state index in [-0.39, 0.29) is 35.4 Å². The molecule has 0 saturated carbocycles. The molecule has 0 spiro atoms. The number of nitrogens with zero attached hydrogens (tertiary/aromatic N) is 1. The lowest BCUT2D eigenvalue weighted by molar-refractivity contribution is 0.0663. The minimum absolute atomic E-state index is 0.0403. The number of fused-ring (bicyclic) bond motifs is 2. The second kappa shape index (κ2) is 9.85. The average Bonchev–Trinajstić information content (AvgIpc) is 3.10. The first-order chi connectivity index (χ1) is 16.3. The van der Waals surface area contributed by atoms with Crippen molar-refractivity contribution in [3.05, 3.63) is 69.3 Å². The molecule has 1 atom stereocenters. The third-order valence-corrected chi connectivity index (χ3v) is 5.92. The van der Waals surface area contributed by atoms with Gasteiger partial charge < -0.3 is 23.5 Å². The lowest BCUT2D eigenvalue weighted by Crippen LogP contribution is -2.32. The van der Waals surface area contributed by atoms with Crippen molar-refractivity contribution in [3.8, 4) is 11.5 Å². The van der Waals surface area contributed by atoms with Crippen molar-refractivity contribution in [2.24, 2.45) is 5.92 Å². The zero-order valence-corrected chi connectivity index (χ0v) is 19.7. The van der Waals surface area contributed by atoms with Crippen molar-refractivity contribution < 1.29 is 27.8 Å². The van der Waals surface area contributed by atoms with Crippen LogP contribution in [0.3, 0.4) is 0 Å². The van der Waals surface area contributed by atoms with Gasteiger partial charge in [-0.15, -0.1) is 0 Å². The van der Waals surface area contributed by atoms with Gasteiger partial charge in [0.2, 0.25) is 5.76 Å². The summed E-state index contributed by atoms with van der Waals surface area (Å²) in [6, 6.07) is 8.28. The first-order valence-electron chi connectivity index (χ1n) is 11.2. The summed E-state index contributed by atoms with van der Waals surface area (Å²) in [5.74, 6) is 0.552. The topological polar surface area (TPSA) is 78.2 Å². The number of hydrogen-bond acceptors (Lipinski definition) is 6. The quantitative estimate of drug-likeness (QED) is 0.457. The van der Waals surface area contributed by atoms with E-state index >= 15 is 0 Å². The zero-order chi connectivity index (χ0) is 24.4. The van der Waals surface area contributed by atoms with Crippen LogP contribution in [0.5, 0.6) is 11.5 Å². The molecule has 34 heavy (non-hydrogen) atoms. The maximum Gasteiger partial charge on any atom is 0.290 e. The Kier molecular flexibility index (Phi) is 6.88. The standard InChI is InChI=1S/C26H28FNO6/c1-15(2)9-11-33-20-7-5-16(13-21(20)32-4)23-22-24(29)18-14-17(27)6-8-19(18)34-25(22)26(30)28(23)10-12-31-3/h5-8,13-15,23H,9-12H2,1-4H3. The fourth-order valence-electron chi connectivity index (χ4n) is 4.14. The number of ether oxygens (including phenoxy) is 3. The molecular weight excluding hydrogens is 441 g/mol. The third kappa shape index (κ3) is 4.37. The molecule has 0 radical (unpaired) electrons. The Hall–Kier alpha value is -3.39. The summed E-state index contributed by atoms with van der Waals surface area (Å²) in [5, 5.41) is 0.0887. The smallest absolute Gasteiger partial charge is 0.290 e. The van der Waals surface area contributed by atoms with Crippen molar-refractivity contribution in [1.82, 2.24) is 4.90 Å². The molecule has 3 aromatic rings. The average molecular weight is 470 g/mol. The second-order valence-electron chi connectivity index (χ2n) is 8.65. The number of amides is 1. The van der Waals surface area contributed by atoms with E-state index in [2.05, 4.69) is 13.8 Å². The van der Waals surface area contributed by atoms with Crippen molar-refractivity contribution in [3.63, 3.8) is 0 Å². The minimum Gasteiger partial charge on any atom is -0.493 e. The van der Waals surface area contributed by atoms with Crippen LogP contribution in [0.15, 0.2) is 45.6 Å². The van der Waals surface area contributed by atoms with Gasteiger partial charge in [0.1, 0.15) is 11.4 Å². The van der Waals surface area contributed by atoms with Crippen LogP contribution in [-0.4, -0.2) is 44.8 Å². The third-order valence-electron chi connectivity index (χ3n) is 5.92. The molecule has 0 N–H and O–H groups in total. The minimum atomic E-state index is -0.736. The lowest BCUT2D eigenvalue weighted by atomic mass is 9.98. The van der Waals surface area contributed by atoms with E-state index in [4.69, 9.17) is 18.6 Å². The first-order valence-corrected chi connectivity index (χ1v) is 11.2. The van der Waals surface area contributed by atoms with E-state index in [0.717, 1.165) is 12.5 Å². The SMILES string of the molecule is COCCN1C(=O)c2oc3ccc(F)cc3c(=O)c2C1c1ccc(OCCC(C)C)c(OC)c1. The molecule has 180 valence electrons. The van der Waals surface area contributed by atoms with Gasteiger partial charge in [0, 0.05) is 13.7 Å². The first kappa shape index (κ1) is 23.8. The molecule has 1 aliphatic heterocycles. The van der Waals surface area contributed by atoms with Crippen molar-refractivity contribution in [2.45, 2.75) is 26.3 Å². The van der Waals surface area contributed by atoms with Crippen molar-refractivity contribution in [1.29, 1.82) is 0 Å². The van der Waals surface area contributed by atoms with Gasteiger partial charge in [-0.1, -0.05) is 19.9 Å². The Morgan fingerprint density at radius 1 is 1.06 bits per heavy atom. The van der Waals surface area contributed by atoms with Gasteiger partial charge in [0.05, 0.1) is 37.3 Å². The number of halogens is 1. The van der Waals surface area contributed by atoms with Crippen molar-refractivity contribution >= 4 is 16.9 Å². The Bertz CT molecular complexity index is 1270. The number of carbonyl (C=O) groups is 1. The summed E-state index contributed by atoms with van der Waals surface area (Å²) < 4.78 is 36.3. The van der Waals surface area contributed by atoms with E-state index in [1.54, 1.807) is 18.2 Å². The van der Waals surface area contributed by atoms with Crippen LogP contribution in [0.2, 0.25) is 0 Å². The Morgan fingerprint density at radius 3 is 2.56 bits per heavy atom. The summed E-state index contributed by atoms with van der Waals surface area (Å²) >= 11 is 0. The van der Waals surface area contributed by atoms with Crippen LogP contribution in [0, 0.1) is 11.7 Å². The molecule has 0 saturated heterocycles. The Labute approximate surface area is 197 Å². The molecule has 4 rings (SSSR count). The van der Waals surface area contributed by atoms with Gasteiger partial charge in [0.15, 0.2) is 16.9 Å². The van der Waals surface area contributed by atoms with E-state index in [1.165, 1.54) is 31.3 Å². The lowest BCUT2D eigenvalue weighted by Gasteiger charge is -2.25. The van der Waals surface area contributed by atoms with E-state index in [0.29, 0.717) is 29.6 Å². The molecule has 0 bridgehead atoms. The van der Waals surface area contributed by atoms with Gasteiger partial charge in [-0.25, -0.2) is 4.39 Å². The highest BCUT2D eigenvalue weighted by Crippen LogP contribution is 2.40. The summed E-state index contributed by atoms with van der Waals surface area (Å²) in [7, 11) is 3.07. The highest BCUT2D eigenvalue weighted by Gasteiger charge is 2.42. The Balaban J connectivity index is 1.82. The van der Waals surface area contributed by atoms with Gasteiger partial charge in [-0.3, -0.25) is 9.59 Å². The maximum atomic E-state index is 13.9. The molecular formula is C26H28FNO6. The van der Waals surface area contributed by atoms with E-state index in [1.807, 2.05) is 0 Å². The molecule has 1 unspecified atom stereocenters. The molecule has 1 aliphatic rings. The fraction of sp³-hybridized carbons (Fsp3) is 0.385. The van der Waals surface area contributed by atoms with Crippen LogP contribution in [0.1, 0.15) is 48.0 Å². The highest BCUT2D eigenvalue weighted by molar-refractivity contribution is 5.99. The molecule has 2 aromatic carbocycles.